The zero-order valence-corrected chi connectivity index (χ0v) is 9.41. The Bertz CT molecular complexity index is 311. The van der Waals surface area contributed by atoms with Gasteiger partial charge in [-0.2, -0.15) is 0 Å². The van der Waals surface area contributed by atoms with Crippen molar-refractivity contribution >= 4 is 21.9 Å². The summed E-state index contributed by atoms with van der Waals surface area (Å²) in [6.45, 7) is 2.13. The van der Waals surface area contributed by atoms with Gasteiger partial charge in [0.25, 0.3) is 0 Å². The minimum atomic E-state index is -0.444. The van der Waals surface area contributed by atoms with Crippen molar-refractivity contribution in [3.05, 3.63) is 22.6 Å². The fraction of sp³-hybridized carbons (Fsp3) is 0.444. The lowest BCUT2D eigenvalue weighted by molar-refractivity contribution is -0.143. The third-order valence-corrected chi connectivity index (χ3v) is 2.08. The van der Waals surface area contributed by atoms with E-state index in [9.17, 15) is 4.79 Å². The molecule has 0 aliphatic carbocycles. The van der Waals surface area contributed by atoms with Gasteiger partial charge in [-0.1, -0.05) is 0 Å². The maximum Gasteiger partial charge on any atom is 0.307 e. The van der Waals surface area contributed by atoms with Crippen LogP contribution in [0.2, 0.25) is 0 Å². The van der Waals surface area contributed by atoms with Crippen molar-refractivity contribution in [2.45, 2.75) is 19.4 Å². The molecule has 1 atom stereocenters. The van der Waals surface area contributed by atoms with E-state index in [1.807, 2.05) is 0 Å². The molecule has 1 heterocycles. The van der Waals surface area contributed by atoms with Crippen molar-refractivity contribution in [2.24, 2.45) is 5.73 Å². The Hall–Kier alpha value is -0.810. The molecule has 1 aromatic heterocycles. The molecule has 14 heavy (non-hydrogen) atoms. The van der Waals surface area contributed by atoms with Crippen molar-refractivity contribution in [2.75, 3.05) is 6.61 Å². The molecular weight excluding hydrogens is 250 g/mol. The van der Waals surface area contributed by atoms with Crippen LogP contribution in [0.5, 0.6) is 0 Å². The zero-order valence-electron chi connectivity index (χ0n) is 7.83. The fourth-order valence-electron chi connectivity index (χ4n) is 1.03. The molecule has 0 radical (unpaired) electrons. The van der Waals surface area contributed by atoms with E-state index in [0.717, 1.165) is 0 Å². The summed E-state index contributed by atoms with van der Waals surface area (Å²) in [4.78, 5) is 11.1. The van der Waals surface area contributed by atoms with Gasteiger partial charge in [-0.25, -0.2) is 0 Å². The lowest BCUT2D eigenvalue weighted by atomic mass is 10.2. The SMILES string of the molecule is CCOC(=O)CC(N)c1ccc(Br)o1. The molecule has 1 rings (SSSR count). The summed E-state index contributed by atoms with van der Waals surface area (Å²) in [6, 6.07) is 3.02. The Kier molecular flexibility index (Phi) is 4.16. The van der Waals surface area contributed by atoms with Crippen molar-refractivity contribution in [1.29, 1.82) is 0 Å². The second-order valence-electron chi connectivity index (χ2n) is 2.76. The van der Waals surface area contributed by atoms with Gasteiger partial charge in [0.15, 0.2) is 4.67 Å². The van der Waals surface area contributed by atoms with Gasteiger partial charge in [-0.15, -0.1) is 0 Å². The van der Waals surface area contributed by atoms with Gasteiger partial charge in [0.2, 0.25) is 0 Å². The second kappa shape index (κ2) is 5.17. The van der Waals surface area contributed by atoms with Gasteiger partial charge in [0.05, 0.1) is 19.1 Å². The van der Waals surface area contributed by atoms with Gasteiger partial charge in [-0.05, 0) is 35.0 Å². The number of hydrogen-bond donors (Lipinski definition) is 1. The van der Waals surface area contributed by atoms with Gasteiger partial charge in [-0.3, -0.25) is 4.79 Å². The van der Waals surface area contributed by atoms with Crippen LogP contribution in [-0.2, 0) is 9.53 Å². The Morgan fingerprint density at radius 2 is 2.43 bits per heavy atom. The minimum Gasteiger partial charge on any atom is -0.466 e. The summed E-state index contributed by atoms with van der Waals surface area (Å²) in [7, 11) is 0. The molecule has 0 saturated heterocycles. The monoisotopic (exact) mass is 261 g/mol. The van der Waals surface area contributed by atoms with Crippen LogP contribution in [0.15, 0.2) is 21.2 Å². The van der Waals surface area contributed by atoms with Crippen LogP contribution < -0.4 is 5.73 Å². The molecule has 0 fully saturated rings. The molecule has 0 aromatic carbocycles. The molecule has 0 aliphatic heterocycles. The predicted molar refractivity (Wildman–Crippen MR) is 54.6 cm³/mol. The molecule has 78 valence electrons. The van der Waals surface area contributed by atoms with Crippen LogP contribution in [0.1, 0.15) is 25.1 Å². The van der Waals surface area contributed by atoms with Crippen LogP contribution in [-0.4, -0.2) is 12.6 Å². The Balaban J connectivity index is 2.50. The first kappa shape index (κ1) is 11.3. The molecule has 5 heteroatoms. The summed E-state index contributed by atoms with van der Waals surface area (Å²) < 4.78 is 10.6. The van der Waals surface area contributed by atoms with Crippen LogP contribution >= 0.6 is 15.9 Å². The summed E-state index contributed by atoms with van der Waals surface area (Å²) in [5.74, 6) is 0.262. The third-order valence-electron chi connectivity index (χ3n) is 1.65. The highest BCUT2D eigenvalue weighted by molar-refractivity contribution is 9.10. The van der Waals surface area contributed by atoms with E-state index in [4.69, 9.17) is 14.9 Å². The number of esters is 1. The van der Waals surface area contributed by atoms with Crippen molar-refractivity contribution in [3.8, 4) is 0 Å². The van der Waals surface area contributed by atoms with Crippen LogP contribution in [0.4, 0.5) is 0 Å². The number of carbonyl (C=O) groups is 1. The highest BCUT2D eigenvalue weighted by Gasteiger charge is 2.15. The number of halogens is 1. The average Bonchev–Trinajstić information content (AvgIpc) is 2.52. The van der Waals surface area contributed by atoms with Gasteiger partial charge < -0.3 is 14.9 Å². The van der Waals surface area contributed by atoms with Gasteiger partial charge >= 0.3 is 5.97 Å². The zero-order chi connectivity index (χ0) is 10.6. The maximum atomic E-state index is 11.1. The number of hydrogen-bond acceptors (Lipinski definition) is 4. The maximum absolute atomic E-state index is 11.1. The standard InChI is InChI=1S/C9H12BrNO3/c1-2-13-9(12)5-6(11)7-3-4-8(10)14-7/h3-4,6H,2,5,11H2,1H3. The highest BCUT2D eigenvalue weighted by Crippen LogP contribution is 2.21. The topological polar surface area (TPSA) is 65.5 Å². The summed E-state index contributed by atoms with van der Waals surface area (Å²) >= 11 is 3.16. The molecule has 4 nitrogen and oxygen atoms in total. The molecule has 0 saturated carbocycles. The van der Waals surface area contributed by atoms with Crippen LogP contribution in [0.25, 0.3) is 0 Å². The summed E-state index contributed by atoms with van der Waals surface area (Å²) in [6.07, 6.45) is 0.133. The van der Waals surface area contributed by atoms with E-state index in [-0.39, 0.29) is 12.4 Å². The average molecular weight is 262 g/mol. The first-order chi connectivity index (χ1) is 6.63. The van der Waals surface area contributed by atoms with Crippen molar-refractivity contribution in [3.63, 3.8) is 0 Å². The molecule has 1 aromatic rings. The molecule has 2 N–H and O–H groups in total. The Labute approximate surface area is 90.5 Å². The summed E-state index contributed by atoms with van der Waals surface area (Å²) in [5.41, 5.74) is 5.72. The van der Waals surface area contributed by atoms with E-state index in [0.29, 0.717) is 17.0 Å². The molecule has 1 unspecified atom stereocenters. The third kappa shape index (κ3) is 3.16. The molecular formula is C9H12BrNO3. The van der Waals surface area contributed by atoms with Crippen molar-refractivity contribution < 1.29 is 13.9 Å². The molecule has 0 bridgehead atoms. The first-order valence-electron chi connectivity index (χ1n) is 4.30. The number of nitrogens with two attached hydrogens (primary N) is 1. The number of ether oxygens (including phenoxy) is 1. The quantitative estimate of drug-likeness (QED) is 0.843. The Morgan fingerprint density at radius 1 is 1.71 bits per heavy atom. The van der Waals surface area contributed by atoms with Crippen LogP contribution in [0.3, 0.4) is 0 Å². The normalized spacial score (nSPS) is 12.5. The summed E-state index contributed by atoms with van der Waals surface area (Å²) in [5, 5.41) is 0. The van der Waals surface area contributed by atoms with Gasteiger partial charge in [0, 0.05) is 0 Å². The van der Waals surface area contributed by atoms with Crippen LogP contribution in [0, 0.1) is 0 Å². The fourth-order valence-corrected chi connectivity index (χ4v) is 1.35. The predicted octanol–water partition coefficient (Wildman–Crippen LogP) is 2.00. The molecule has 0 spiro atoms. The number of furan rings is 1. The van der Waals surface area contributed by atoms with E-state index in [1.54, 1.807) is 19.1 Å². The lowest BCUT2D eigenvalue weighted by Crippen LogP contribution is -2.16. The van der Waals surface area contributed by atoms with Gasteiger partial charge in [0.1, 0.15) is 5.76 Å². The highest BCUT2D eigenvalue weighted by atomic mass is 79.9. The largest absolute Gasteiger partial charge is 0.466 e. The minimum absolute atomic E-state index is 0.133. The number of carbonyl (C=O) groups excluding carboxylic acids is 1. The first-order valence-corrected chi connectivity index (χ1v) is 5.09. The second-order valence-corrected chi connectivity index (χ2v) is 3.54. The van der Waals surface area contributed by atoms with Crippen molar-refractivity contribution in [1.82, 2.24) is 0 Å². The van der Waals surface area contributed by atoms with E-state index >= 15 is 0 Å². The number of rotatable bonds is 4. The van der Waals surface area contributed by atoms with E-state index in [2.05, 4.69) is 15.9 Å². The van der Waals surface area contributed by atoms with E-state index < -0.39 is 6.04 Å². The Morgan fingerprint density at radius 3 is 2.93 bits per heavy atom. The molecule has 0 amide bonds. The smallest absolute Gasteiger partial charge is 0.307 e. The van der Waals surface area contributed by atoms with E-state index in [1.165, 1.54) is 0 Å². The molecule has 0 aliphatic rings. The lowest BCUT2D eigenvalue weighted by Gasteiger charge is -2.07.